The zero-order valence-corrected chi connectivity index (χ0v) is 18.8. The summed E-state index contributed by atoms with van der Waals surface area (Å²) in [5.74, 6) is 0.721. The van der Waals surface area contributed by atoms with Crippen molar-refractivity contribution in [1.82, 2.24) is 10.6 Å². The summed E-state index contributed by atoms with van der Waals surface area (Å²) >= 11 is 0. The summed E-state index contributed by atoms with van der Waals surface area (Å²) in [5.41, 5.74) is 4.59. The van der Waals surface area contributed by atoms with Crippen LogP contribution in [-0.4, -0.2) is 24.4 Å². The van der Waals surface area contributed by atoms with Gasteiger partial charge in [0.15, 0.2) is 0 Å². The minimum absolute atomic E-state index is 0. The van der Waals surface area contributed by atoms with Crippen molar-refractivity contribution in [2.24, 2.45) is 11.8 Å². The first-order chi connectivity index (χ1) is 14.6. The van der Waals surface area contributed by atoms with Gasteiger partial charge in [-0.1, -0.05) is 42.0 Å². The van der Waals surface area contributed by atoms with Gasteiger partial charge in [-0.25, -0.2) is 0 Å². The number of carbonyl (C=O) groups excluding carboxylic acids is 2. The predicted octanol–water partition coefficient (Wildman–Crippen LogP) is 3.99. The maximum absolute atomic E-state index is 12.6. The molecule has 1 atom stereocenters. The van der Waals surface area contributed by atoms with Gasteiger partial charge < -0.3 is 16.0 Å². The monoisotopic (exact) mass is 441 g/mol. The Bertz CT molecular complexity index is 892. The van der Waals surface area contributed by atoms with Crippen LogP contribution in [-0.2, 0) is 22.6 Å². The molecule has 1 saturated carbocycles. The van der Waals surface area contributed by atoms with Crippen LogP contribution in [0.15, 0.2) is 48.5 Å². The molecule has 0 saturated heterocycles. The zero-order valence-electron chi connectivity index (χ0n) is 18.0. The van der Waals surface area contributed by atoms with Crippen molar-refractivity contribution < 1.29 is 9.59 Å². The van der Waals surface area contributed by atoms with Gasteiger partial charge in [0.1, 0.15) is 0 Å². The fourth-order valence-electron chi connectivity index (χ4n) is 4.52. The molecule has 31 heavy (non-hydrogen) atoms. The second-order valence-corrected chi connectivity index (χ2v) is 8.72. The third-order valence-corrected chi connectivity index (χ3v) is 6.50. The van der Waals surface area contributed by atoms with Crippen molar-refractivity contribution in [3.63, 3.8) is 0 Å². The zero-order chi connectivity index (χ0) is 20.9. The number of benzene rings is 2. The Labute approximate surface area is 190 Å². The van der Waals surface area contributed by atoms with Gasteiger partial charge in [0.05, 0.1) is 6.04 Å². The number of anilines is 1. The first-order valence-corrected chi connectivity index (χ1v) is 11.0. The average molecular weight is 442 g/mol. The van der Waals surface area contributed by atoms with Crippen molar-refractivity contribution in [1.29, 1.82) is 0 Å². The van der Waals surface area contributed by atoms with E-state index in [1.165, 1.54) is 16.7 Å². The molecular weight excluding hydrogens is 410 g/mol. The van der Waals surface area contributed by atoms with E-state index in [1.54, 1.807) is 0 Å². The van der Waals surface area contributed by atoms with Gasteiger partial charge in [0, 0.05) is 24.7 Å². The second-order valence-electron chi connectivity index (χ2n) is 8.72. The smallest absolute Gasteiger partial charge is 0.237 e. The molecule has 3 N–H and O–H groups in total. The van der Waals surface area contributed by atoms with E-state index in [0.29, 0.717) is 12.5 Å². The van der Waals surface area contributed by atoms with Gasteiger partial charge in [-0.2, -0.15) is 0 Å². The molecule has 2 amide bonds. The fraction of sp³-hybridized carbons (Fsp3) is 0.440. The predicted molar refractivity (Wildman–Crippen MR) is 126 cm³/mol. The molecule has 0 bridgehead atoms. The van der Waals surface area contributed by atoms with Gasteiger partial charge in [-0.15, -0.1) is 12.4 Å². The molecule has 1 aliphatic carbocycles. The molecule has 1 aliphatic heterocycles. The molecule has 1 heterocycles. The number of rotatable bonds is 5. The van der Waals surface area contributed by atoms with Crippen molar-refractivity contribution in [2.75, 3.05) is 11.9 Å². The van der Waals surface area contributed by atoms with Crippen molar-refractivity contribution in [3.05, 3.63) is 65.2 Å². The lowest BCUT2D eigenvalue weighted by Crippen LogP contribution is -2.48. The second kappa shape index (κ2) is 10.8. The first kappa shape index (κ1) is 23.3. The SMILES string of the molecule is Cc1ccc(NC(=O)C2CCC(CNC(=O)C3Cc4ccccc4CN3)CC2)cc1.Cl. The summed E-state index contributed by atoms with van der Waals surface area (Å²) in [5, 5.41) is 9.52. The van der Waals surface area contributed by atoms with Crippen LogP contribution >= 0.6 is 12.4 Å². The highest BCUT2D eigenvalue weighted by molar-refractivity contribution is 5.92. The molecule has 0 radical (unpaired) electrons. The molecule has 0 aromatic heterocycles. The maximum atomic E-state index is 12.6. The van der Waals surface area contributed by atoms with Gasteiger partial charge in [-0.3, -0.25) is 9.59 Å². The highest BCUT2D eigenvalue weighted by atomic mass is 35.5. The molecule has 1 unspecified atom stereocenters. The van der Waals surface area contributed by atoms with E-state index in [1.807, 2.05) is 43.3 Å². The normalized spacial score (nSPS) is 22.5. The number of hydrogen-bond donors (Lipinski definition) is 3. The molecule has 2 aromatic rings. The van der Waals surface area contributed by atoms with E-state index in [9.17, 15) is 9.59 Å². The molecule has 5 nitrogen and oxygen atoms in total. The molecule has 2 aromatic carbocycles. The fourth-order valence-corrected chi connectivity index (χ4v) is 4.52. The summed E-state index contributed by atoms with van der Waals surface area (Å²) in [7, 11) is 0. The number of nitrogens with one attached hydrogen (secondary N) is 3. The van der Waals surface area contributed by atoms with E-state index < -0.39 is 0 Å². The van der Waals surface area contributed by atoms with E-state index in [4.69, 9.17) is 0 Å². The number of amides is 2. The van der Waals surface area contributed by atoms with E-state index in [0.717, 1.165) is 44.3 Å². The lowest BCUT2D eigenvalue weighted by atomic mass is 9.81. The van der Waals surface area contributed by atoms with Crippen molar-refractivity contribution >= 4 is 29.9 Å². The Morgan fingerprint density at radius 3 is 2.32 bits per heavy atom. The number of hydrogen-bond acceptors (Lipinski definition) is 3. The molecule has 2 aliphatic rings. The first-order valence-electron chi connectivity index (χ1n) is 11.0. The van der Waals surface area contributed by atoms with Crippen LogP contribution < -0.4 is 16.0 Å². The molecule has 0 spiro atoms. The summed E-state index contributed by atoms with van der Waals surface area (Å²) in [6.07, 6.45) is 4.47. The molecular formula is C25H32ClN3O2. The Kier molecular flexibility index (Phi) is 8.10. The van der Waals surface area contributed by atoms with Crippen LogP contribution in [0.4, 0.5) is 5.69 Å². The van der Waals surface area contributed by atoms with Crippen LogP contribution in [0.5, 0.6) is 0 Å². The summed E-state index contributed by atoms with van der Waals surface area (Å²) in [6.45, 7) is 3.48. The van der Waals surface area contributed by atoms with Crippen molar-refractivity contribution in [2.45, 2.75) is 51.6 Å². The minimum atomic E-state index is -0.156. The molecule has 166 valence electrons. The van der Waals surface area contributed by atoms with E-state index >= 15 is 0 Å². The highest BCUT2D eigenvalue weighted by Crippen LogP contribution is 2.29. The Morgan fingerprint density at radius 2 is 1.61 bits per heavy atom. The number of carbonyl (C=O) groups is 2. The van der Waals surface area contributed by atoms with Gasteiger partial charge in [0.2, 0.25) is 11.8 Å². The Hall–Kier alpha value is -2.37. The molecule has 6 heteroatoms. The quantitative estimate of drug-likeness (QED) is 0.657. The van der Waals surface area contributed by atoms with E-state index in [2.05, 4.69) is 28.1 Å². The van der Waals surface area contributed by atoms with Gasteiger partial charge >= 0.3 is 0 Å². The lowest BCUT2D eigenvalue weighted by molar-refractivity contribution is -0.124. The Morgan fingerprint density at radius 1 is 0.935 bits per heavy atom. The number of aryl methyl sites for hydroxylation is 1. The Balaban J connectivity index is 0.00000272. The van der Waals surface area contributed by atoms with Gasteiger partial charge in [0.25, 0.3) is 0 Å². The van der Waals surface area contributed by atoms with Crippen LogP contribution in [0.1, 0.15) is 42.4 Å². The summed E-state index contributed by atoms with van der Waals surface area (Å²) in [6, 6.07) is 16.1. The van der Waals surface area contributed by atoms with E-state index in [-0.39, 0.29) is 36.2 Å². The standard InChI is InChI=1S/C25H31N3O2.ClH/c1-17-6-12-22(13-7-17)28-24(29)19-10-8-18(9-11-19)15-27-25(30)23-14-20-4-2-3-5-21(20)16-26-23;/h2-7,12-13,18-19,23,26H,8-11,14-16H2,1H3,(H,27,30)(H,28,29);1H. The third-order valence-electron chi connectivity index (χ3n) is 6.50. The minimum Gasteiger partial charge on any atom is -0.354 e. The van der Waals surface area contributed by atoms with Crippen LogP contribution in [0.2, 0.25) is 0 Å². The molecule has 4 rings (SSSR count). The summed E-state index contributed by atoms with van der Waals surface area (Å²) in [4.78, 5) is 25.2. The van der Waals surface area contributed by atoms with Gasteiger partial charge in [-0.05, 0) is 68.2 Å². The third kappa shape index (κ3) is 6.08. The van der Waals surface area contributed by atoms with Crippen molar-refractivity contribution in [3.8, 4) is 0 Å². The number of fused-ring (bicyclic) bond motifs is 1. The highest BCUT2D eigenvalue weighted by Gasteiger charge is 2.28. The topological polar surface area (TPSA) is 70.2 Å². The summed E-state index contributed by atoms with van der Waals surface area (Å²) < 4.78 is 0. The van der Waals surface area contributed by atoms with Crippen LogP contribution in [0.3, 0.4) is 0 Å². The lowest BCUT2D eigenvalue weighted by Gasteiger charge is -2.29. The number of halogens is 1. The average Bonchev–Trinajstić information content (AvgIpc) is 2.79. The maximum Gasteiger partial charge on any atom is 0.237 e. The van der Waals surface area contributed by atoms with Crippen LogP contribution in [0, 0.1) is 18.8 Å². The molecule has 1 fully saturated rings. The van der Waals surface area contributed by atoms with Crippen LogP contribution in [0.25, 0.3) is 0 Å². The largest absolute Gasteiger partial charge is 0.354 e.